The number of nitrogens with one attached hydrogen (secondary N) is 1. The van der Waals surface area contributed by atoms with Gasteiger partial charge in [-0.15, -0.1) is 11.3 Å². The monoisotopic (exact) mass is 213 g/mol. The van der Waals surface area contributed by atoms with Crippen LogP contribution in [0.5, 0.6) is 0 Å². The SMILES string of the molecule is Cc1ncsc1C(=O)NCCCCN. The molecule has 1 aromatic heterocycles. The molecule has 1 rings (SSSR count). The Kier molecular flexibility index (Phi) is 4.55. The molecule has 0 radical (unpaired) electrons. The van der Waals surface area contributed by atoms with Gasteiger partial charge >= 0.3 is 0 Å². The summed E-state index contributed by atoms with van der Waals surface area (Å²) in [6.07, 6.45) is 1.88. The van der Waals surface area contributed by atoms with Crippen molar-refractivity contribution < 1.29 is 4.79 Å². The first-order chi connectivity index (χ1) is 6.75. The quantitative estimate of drug-likeness (QED) is 0.715. The Morgan fingerprint density at radius 1 is 1.64 bits per heavy atom. The molecule has 0 aromatic carbocycles. The predicted molar refractivity (Wildman–Crippen MR) is 57.5 cm³/mol. The Labute approximate surface area is 87.5 Å². The van der Waals surface area contributed by atoms with Crippen LogP contribution >= 0.6 is 11.3 Å². The molecule has 0 atom stereocenters. The number of amides is 1. The molecule has 1 aromatic rings. The molecule has 3 N–H and O–H groups in total. The molecule has 0 spiro atoms. The second-order valence-electron chi connectivity index (χ2n) is 3.02. The molecule has 0 aliphatic heterocycles. The van der Waals surface area contributed by atoms with Crippen molar-refractivity contribution in [3.8, 4) is 0 Å². The summed E-state index contributed by atoms with van der Waals surface area (Å²) in [5.74, 6) is -0.0259. The van der Waals surface area contributed by atoms with Crippen LogP contribution in [0, 0.1) is 6.92 Å². The van der Waals surface area contributed by atoms with E-state index in [9.17, 15) is 4.79 Å². The van der Waals surface area contributed by atoms with Gasteiger partial charge in [-0.3, -0.25) is 4.79 Å². The van der Waals surface area contributed by atoms with Crippen molar-refractivity contribution in [1.82, 2.24) is 10.3 Å². The third-order valence-electron chi connectivity index (χ3n) is 1.87. The zero-order valence-corrected chi connectivity index (χ0v) is 9.06. The third kappa shape index (κ3) is 3.08. The molecule has 14 heavy (non-hydrogen) atoms. The Hall–Kier alpha value is -0.940. The number of carbonyl (C=O) groups is 1. The minimum Gasteiger partial charge on any atom is -0.351 e. The third-order valence-corrected chi connectivity index (χ3v) is 2.80. The van der Waals surface area contributed by atoms with E-state index in [-0.39, 0.29) is 5.91 Å². The van der Waals surface area contributed by atoms with Gasteiger partial charge in [-0.1, -0.05) is 0 Å². The number of rotatable bonds is 5. The van der Waals surface area contributed by atoms with Crippen LogP contribution < -0.4 is 11.1 Å². The molecule has 78 valence electrons. The minimum absolute atomic E-state index is 0.0259. The Bertz CT molecular complexity index is 298. The number of aryl methyl sites for hydroxylation is 1. The lowest BCUT2D eigenvalue weighted by Gasteiger charge is -2.02. The maximum absolute atomic E-state index is 11.5. The van der Waals surface area contributed by atoms with Gasteiger partial charge in [-0.25, -0.2) is 4.98 Å². The van der Waals surface area contributed by atoms with Gasteiger partial charge in [0.15, 0.2) is 0 Å². The van der Waals surface area contributed by atoms with Gasteiger partial charge in [0.05, 0.1) is 11.2 Å². The summed E-state index contributed by atoms with van der Waals surface area (Å²) < 4.78 is 0. The Morgan fingerprint density at radius 2 is 2.43 bits per heavy atom. The largest absolute Gasteiger partial charge is 0.351 e. The van der Waals surface area contributed by atoms with E-state index in [1.165, 1.54) is 11.3 Å². The average Bonchev–Trinajstić information content (AvgIpc) is 2.59. The number of nitrogens with zero attached hydrogens (tertiary/aromatic N) is 1. The summed E-state index contributed by atoms with van der Waals surface area (Å²) in [6, 6.07) is 0. The zero-order valence-electron chi connectivity index (χ0n) is 8.25. The van der Waals surface area contributed by atoms with Crippen LogP contribution in [0.3, 0.4) is 0 Å². The van der Waals surface area contributed by atoms with Crippen LogP contribution in [0.15, 0.2) is 5.51 Å². The van der Waals surface area contributed by atoms with E-state index in [4.69, 9.17) is 5.73 Å². The Morgan fingerprint density at radius 3 is 3.00 bits per heavy atom. The van der Waals surface area contributed by atoms with Crippen molar-refractivity contribution in [3.63, 3.8) is 0 Å². The lowest BCUT2D eigenvalue weighted by molar-refractivity contribution is 0.0956. The van der Waals surface area contributed by atoms with Crippen LogP contribution in [0.2, 0.25) is 0 Å². The molecule has 1 amide bonds. The standard InChI is InChI=1S/C9H15N3OS/c1-7-8(14-6-12-7)9(13)11-5-3-2-4-10/h6H,2-5,10H2,1H3,(H,11,13). The summed E-state index contributed by atoms with van der Waals surface area (Å²) in [6.45, 7) is 3.20. The van der Waals surface area contributed by atoms with Gasteiger partial charge in [0.25, 0.3) is 5.91 Å². The first-order valence-electron chi connectivity index (χ1n) is 4.64. The van der Waals surface area contributed by atoms with Gasteiger partial charge in [-0.2, -0.15) is 0 Å². The number of hydrogen-bond donors (Lipinski definition) is 2. The number of hydrogen-bond acceptors (Lipinski definition) is 4. The maximum Gasteiger partial charge on any atom is 0.263 e. The normalized spacial score (nSPS) is 10.1. The van der Waals surface area contributed by atoms with Crippen LogP contribution in [0.1, 0.15) is 28.2 Å². The summed E-state index contributed by atoms with van der Waals surface area (Å²) in [7, 11) is 0. The second kappa shape index (κ2) is 5.72. The summed E-state index contributed by atoms with van der Waals surface area (Å²) in [5, 5.41) is 2.84. The zero-order chi connectivity index (χ0) is 10.4. The van der Waals surface area contributed by atoms with Crippen LogP contribution in [0.25, 0.3) is 0 Å². The summed E-state index contributed by atoms with van der Waals surface area (Å²) >= 11 is 1.37. The fourth-order valence-corrected chi connectivity index (χ4v) is 1.79. The fourth-order valence-electron chi connectivity index (χ4n) is 1.07. The van der Waals surface area contributed by atoms with E-state index in [1.807, 2.05) is 6.92 Å². The number of carbonyl (C=O) groups excluding carboxylic acids is 1. The van der Waals surface area contributed by atoms with Crippen LogP contribution in [-0.2, 0) is 0 Å². The minimum atomic E-state index is -0.0259. The van der Waals surface area contributed by atoms with Crippen LogP contribution in [0.4, 0.5) is 0 Å². The van der Waals surface area contributed by atoms with Crippen molar-refractivity contribution in [1.29, 1.82) is 0 Å². The predicted octanol–water partition coefficient (Wildman–Crippen LogP) is 0.920. The van der Waals surface area contributed by atoms with Crippen molar-refractivity contribution in [2.75, 3.05) is 13.1 Å². The highest BCUT2D eigenvalue weighted by Crippen LogP contribution is 2.11. The molecular weight excluding hydrogens is 198 g/mol. The molecule has 1 heterocycles. The van der Waals surface area contributed by atoms with Crippen molar-refractivity contribution in [2.24, 2.45) is 5.73 Å². The molecular formula is C9H15N3OS. The van der Waals surface area contributed by atoms with Gasteiger partial charge in [0.1, 0.15) is 4.88 Å². The first-order valence-corrected chi connectivity index (χ1v) is 5.52. The number of thiazole rings is 1. The van der Waals surface area contributed by atoms with E-state index >= 15 is 0 Å². The fraction of sp³-hybridized carbons (Fsp3) is 0.556. The topological polar surface area (TPSA) is 68.0 Å². The summed E-state index contributed by atoms with van der Waals surface area (Å²) in [5.41, 5.74) is 7.83. The molecule has 0 saturated heterocycles. The molecule has 4 nitrogen and oxygen atoms in total. The summed E-state index contributed by atoms with van der Waals surface area (Å²) in [4.78, 5) is 16.2. The van der Waals surface area contributed by atoms with Gasteiger partial charge < -0.3 is 11.1 Å². The number of unbranched alkanes of at least 4 members (excludes halogenated alkanes) is 1. The molecule has 0 unspecified atom stereocenters. The molecule has 5 heteroatoms. The maximum atomic E-state index is 11.5. The number of aromatic nitrogens is 1. The lowest BCUT2D eigenvalue weighted by atomic mass is 10.3. The van der Waals surface area contributed by atoms with Crippen LogP contribution in [-0.4, -0.2) is 24.0 Å². The van der Waals surface area contributed by atoms with E-state index in [1.54, 1.807) is 5.51 Å². The highest BCUT2D eigenvalue weighted by molar-refractivity contribution is 7.11. The van der Waals surface area contributed by atoms with E-state index in [0.717, 1.165) is 18.5 Å². The van der Waals surface area contributed by atoms with E-state index in [2.05, 4.69) is 10.3 Å². The smallest absolute Gasteiger partial charge is 0.263 e. The van der Waals surface area contributed by atoms with Gasteiger partial charge in [0, 0.05) is 6.54 Å². The van der Waals surface area contributed by atoms with Crippen molar-refractivity contribution in [3.05, 3.63) is 16.1 Å². The van der Waals surface area contributed by atoms with E-state index < -0.39 is 0 Å². The van der Waals surface area contributed by atoms with Gasteiger partial charge in [-0.05, 0) is 26.3 Å². The van der Waals surface area contributed by atoms with Gasteiger partial charge in [0.2, 0.25) is 0 Å². The molecule has 0 saturated carbocycles. The molecule has 0 bridgehead atoms. The highest BCUT2D eigenvalue weighted by atomic mass is 32.1. The average molecular weight is 213 g/mol. The van der Waals surface area contributed by atoms with Crippen molar-refractivity contribution >= 4 is 17.2 Å². The number of nitrogens with two attached hydrogens (primary N) is 1. The highest BCUT2D eigenvalue weighted by Gasteiger charge is 2.09. The van der Waals surface area contributed by atoms with Crippen molar-refractivity contribution in [2.45, 2.75) is 19.8 Å². The molecule has 0 aliphatic rings. The first kappa shape index (κ1) is 11.1. The molecule has 0 aliphatic carbocycles. The molecule has 0 fully saturated rings. The Balaban J connectivity index is 2.32. The lowest BCUT2D eigenvalue weighted by Crippen LogP contribution is -2.24. The second-order valence-corrected chi connectivity index (χ2v) is 3.87. The van der Waals surface area contributed by atoms with E-state index in [0.29, 0.717) is 18.0 Å².